The molecule has 0 aromatic heterocycles. The summed E-state index contributed by atoms with van der Waals surface area (Å²) >= 11 is 0. The van der Waals surface area contributed by atoms with Gasteiger partial charge >= 0.3 is 12.0 Å². The van der Waals surface area contributed by atoms with Crippen LogP contribution in [0.1, 0.15) is 34.1 Å². The molecule has 0 radical (unpaired) electrons. The standard InChI is InChI=1S/C13H27N3O4/c1-9(2)16(10(3)4)7-6-14-13(20)15-11(5-8-17)12(18)19/h9-11,17H,5-8H2,1-4H3,(H,18,19)(H2,14,15,20)/t11-/m0/s1. The van der Waals surface area contributed by atoms with Gasteiger partial charge in [-0.25, -0.2) is 9.59 Å². The summed E-state index contributed by atoms with van der Waals surface area (Å²) in [6.07, 6.45) is -0.00708. The van der Waals surface area contributed by atoms with E-state index in [1.807, 2.05) is 0 Å². The minimum absolute atomic E-state index is 0.00708. The van der Waals surface area contributed by atoms with Crippen molar-refractivity contribution >= 4 is 12.0 Å². The van der Waals surface area contributed by atoms with Crippen molar-refractivity contribution in [3.63, 3.8) is 0 Å². The van der Waals surface area contributed by atoms with Crippen molar-refractivity contribution in [1.29, 1.82) is 0 Å². The number of aliphatic hydroxyl groups is 1. The molecule has 0 saturated heterocycles. The van der Waals surface area contributed by atoms with Crippen LogP contribution in [0.25, 0.3) is 0 Å². The van der Waals surface area contributed by atoms with Gasteiger partial charge in [-0.05, 0) is 27.7 Å². The van der Waals surface area contributed by atoms with E-state index in [0.29, 0.717) is 25.2 Å². The van der Waals surface area contributed by atoms with Crippen LogP contribution in [0.5, 0.6) is 0 Å². The number of carboxylic acids is 1. The van der Waals surface area contributed by atoms with Crippen molar-refractivity contribution in [1.82, 2.24) is 15.5 Å². The maximum atomic E-state index is 11.6. The highest BCUT2D eigenvalue weighted by Gasteiger charge is 2.19. The normalized spacial score (nSPS) is 12.8. The fourth-order valence-corrected chi connectivity index (χ4v) is 2.01. The molecule has 20 heavy (non-hydrogen) atoms. The summed E-state index contributed by atoms with van der Waals surface area (Å²) in [5.74, 6) is -1.15. The minimum Gasteiger partial charge on any atom is -0.480 e. The van der Waals surface area contributed by atoms with Crippen molar-refractivity contribution in [2.75, 3.05) is 19.7 Å². The number of carbonyl (C=O) groups is 2. The van der Waals surface area contributed by atoms with Crippen LogP contribution in [0.3, 0.4) is 0 Å². The van der Waals surface area contributed by atoms with E-state index in [1.165, 1.54) is 0 Å². The molecule has 0 aromatic rings. The molecular weight excluding hydrogens is 262 g/mol. The third-order valence-corrected chi connectivity index (χ3v) is 3.00. The third kappa shape index (κ3) is 7.30. The lowest BCUT2D eigenvalue weighted by Gasteiger charge is -2.30. The smallest absolute Gasteiger partial charge is 0.326 e. The molecule has 118 valence electrons. The van der Waals surface area contributed by atoms with Gasteiger partial charge in [-0.1, -0.05) is 0 Å². The Labute approximate surface area is 120 Å². The Morgan fingerprint density at radius 1 is 1.15 bits per heavy atom. The zero-order chi connectivity index (χ0) is 15.7. The Balaban J connectivity index is 4.12. The number of aliphatic hydroxyl groups excluding tert-OH is 1. The largest absolute Gasteiger partial charge is 0.480 e. The predicted molar refractivity (Wildman–Crippen MR) is 76.6 cm³/mol. The van der Waals surface area contributed by atoms with Crippen LogP contribution in [0.4, 0.5) is 4.79 Å². The molecule has 4 N–H and O–H groups in total. The number of urea groups is 1. The molecule has 0 aliphatic carbocycles. The lowest BCUT2D eigenvalue weighted by molar-refractivity contribution is -0.139. The van der Waals surface area contributed by atoms with Crippen LogP contribution in [-0.4, -0.2) is 64.9 Å². The van der Waals surface area contributed by atoms with Gasteiger partial charge in [0, 0.05) is 38.2 Å². The van der Waals surface area contributed by atoms with Crippen molar-refractivity contribution in [3.05, 3.63) is 0 Å². The van der Waals surface area contributed by atoms with Gasteiger partial charge in [0.1, 0.15) is 6.04 Å². The minimum atomic E-state index is -1.15. The van der Waals surface area contributed by atoms with Crippen molar-refractivity contribution in [2.45, 2.75) is 52.2 Å². The first-order valence-corrected chi connectivity index (χ1v) is 6.93. The number of rotatable bonds is 9. The van der Waals surface area contributed by atoms with E-state index < -0.39 is 18.0 Å². The second kappa shape index (κ2) is 9.55. The van der Waals surface area contributed by atoms with Crippen LogP contribution >= 0.6 is 0 Å². The first-order chi connectivity index (χ1) is 9.29. The number of aliphatic carboxylic acids is 1. The molecule has 0 aliphatic rings. The maximum Gasteiger partial charge on any atom is 0.326 e. The molecule has 0 rings (SSSR count). The predicted octanol–water partition coefficient (Wildman–Crippen LogP) is 0.240. The summed E-state index contributed by atoms with van der Waals surface area (Å²) in [7, 11) is 0. The van der Waals surface area contributed by atoms with Gasteiger partial charge in [0.2, 0.25) is 0 Å². The summed E-state index contributed by atoms with van der Waals surface area (Å²) in [6, 6.07) is -0.841. The van der Waals surface area contributed by atoms with Gasteiger partial charge < -0.3 is 20.8 Å². The second-order valence-corrected chi connectivity index (χ2v) is 5.23. The monoisotopic (exact) mass is 289 g/mol. The molecule has 0 unspecified atom stereocenters. The van der Waals surface area contributed by atoms with E-state index in [1.54, 1.807) is 0 Å². The molecule has 7 heteroatoms. The Bertz CT molecular complexity index is 300. The molecule has 0 spiro atoms. The Morgan fingerprint density at radius 3 is 2.10 bits per heavy atom. The van der Waals surface area contributed by atoms with E-state index in [4.69, 9.17) is 10.2 Å². The highest BCUT2D eigenvalue weighted by Crippen LogP contribution is 2.03. The molecule has 0 fully saturated rings. The van der Waals surface area contributed by atoms with Crippen molar-refractivity contribution in [3.8, 4) is 0 Å². The lowest BCUT2D eigenvalue weighted by Crippen LogP contribution is -2.49. The van der Waals surface area contributed by atoms with Gasteiger partial charge in [0.25, 0.3) is 0 Å². The number of hydrogen-bond acceptors (Lipinski definition) is 4. The van der Waals surface area contributed by atoms with Crippen molar-refractivity contribution in [2.24, 2.45) is 0 Å². The van der Waals surface area contributed by atoms with Gasteiger partial charge in [0.05, 0.1) is 0 Å². The molecule has 0 heterocycles. The van der Waals surface area contributed by atoms with E-state index in [2.05, 4.69) is 43.2 Å². The average Bonchev–Trinajstić information content (AvgIpc) is 2.32. The first kappa shape index (κ1) is 18.7. The van der Waals surface area contributed by atoms with Gasteiger partial charge in [0.15, 0.2) is 0 Å². The molecule has 0 bridgehead atoms. The van der Waals surface area contributed by atoms with E-state index >= 15 is 0 Å². The zero-order valence-corrected chi connectivity index (χ0v) is 12.7. The van der Waals surface area contributed by atoms with Gasteiger partial charge in [-0.15, -0.1) is 0 Å². The maximum absolute atomic E-state index is 11.6. The molecule has 0 saturated carbocycles. The Kier molecular flexibility index (Phi) is 8.91. The molecule has 7 nitrogen and oxygen atoms in total. The van der Waals surface area contributed by atoms with E-state index in [-0.39, 0.29) is 13.0 Å². The first-order valence-electron chi connectivity index (χ1n) is 6.93. The Hall–Kier alpha value is -1.34. The molecule has 0 aliphatic heterocycles. The number of nitrogens with zero attached hydrogens (tertiary/aromatic N) is 1. The Morgan fingerprint density at radius 2 is 1.70 bits per heavy atom. The van der Waals surface area contributed by atoms with Crippen LogP contribution < -0.4 is 10.6 Å². The number of carbonyl (C=O) groups excluding carboxylic acids is 1. The van der Waals surface area contributed by atoms with Crippen LogP contribution in [0, 0.1) is 0 Å². The SMILES string of the molecule is CC(C)N(CCNC(=O)N[C@@H](CCO)C(=O)O)C(C)C. The summed E-state index contributed by atoms with van der Waals surface area (Å²) in [5.41, 5.74) is 0. The summed E-state index contributed by atoms with van der Waals surface area (Å²) < 4.78 is 0. The highest BCUT2D eigenvalue weighted by atomic mass is 16.4. The topological polar surface area (TPSA) is 102 Å². The lowest BCUT2D eigenvalue weighted by atomic mass is 10.2. The average molecular weight is 289 g/mol. The molecule has 0 aromatic carbocycles. The number of hydrogen-bond donors (Lipinski definition) is 4. The third-order valence-electron chi connectivity index (χ3n) is 3.00. The molecule has 1 atom stereocenters. The second-order valence-electron chi connectivity index (χ2n) is 5.23. The fraction of sp³-hybridized carbons (Fsp3) is 0.846. The van der Waals surface area contributed by atoms with Crippen LogP contribution in [0.2, 0.25) is 0 Å². The summed E-state index contributed by atoms with van der Waals surface area (Å²) in [6.45, 7) is 9.19. The highest BCUT2D eigenvalue weighted by molar-refractivity contribution is 5.82. The van der Waals surface area contributed by atoms with Crippen LogP contribution in [-0.2, 0) is 4.79 Å². The zero-order valence-electron chi connectivity index (χ0n) is 12.7. The van der Waals surface area contributed by atoms with Gasteiger partial charge in [-0.3, -0.25) is 4.90 Å². The van der Waals surface area contributed by atoms with E-state index in [9.17, 15) is 9.59 Å². The van der Waals surface area contributed by atoms with Crippen LogP contribution in [0.15, 0.2) is 0 Å². The number of amides is 2. The molecular formula is C13H27N3O4. The molecule has 2 amide bonds. The number of nitrogens with one attached hydrogen (secondary N) is 2. The van der Waals surface area contributed by atoms with Crippen molar-refractivity contribution < 1.29 is 19.8 Å². The summed E-state index contributed by atoms with van der Waals surface area (Å²) in [4.78, 5) is 24.6. The fourth-order valence-electron chi connectivity index (χ4n) is 2.01. The van der Waals surface area contributed by atoms with E-state index in [0.717, 1.165) is 0 Å². The van der Waals surface area contributed by atoms with Gasteiger partial charge in [-0.2, -0.15) is 0 Å². The summed E-state index contributed by atoms with van der Waals surface area (Å²) in [5, 5.41) is 22.5. The number of carboxylic acid groups (broad SMARTS) is 1. The quantitative estimate of drug-likeness (QED) is 0.487.